The zero-order chi connectivity index (χ0) is 12.4. The van der Waals surface area contributed by atoms with Crippen molar-refractivity contribution in [2.45, 2.75) is 25.3 Å². The van der Waals surface area contributed by atoms with E-state index in [1.807, 2.05) is 6.07 Å². The molecule has 1 aromatic rings. The molecular weight excluding hydrogens is 220 g/mol. The summed E-state index contributed by atoms with van der Waals surface area (Å²) in [4.78, 5) is 10.5. The van der Waals surface area contributed by atoms with Gasteiger partial charge < -0.3 is 10.5 Å². The van der Waals surface area contributed by atoms with Gasteiger partial charge in [-0.05, 0) is 30.4 Å². The van der Waals surface area contributed by atoms with Crippen molar-refractivity contribution in [3.05, 3.63) is 33.9 Å². The number of benzene rings is 1. The molecule has 0 bridgehead atoms. The molecule has 0 aliphatic heterocycles. The predicted molar refractivity (Wildman–Crippen MR) is 63.9 cm³/mol. The third kappa shape index (κ3) is 2.24. The van der Waals surface area contributed by atoms with Gasteiger partial charge in [0.1, 0.15) is 0 Å². The van der Waals surface area contributed by atoms with Crippen LogP contribution in [0.5, 0.6) is 5.75 Å². The number of hydrogen-bond donors (Lipinski definition) is 1. The number of rotatable bonds is 4. The summed E-state index contributed by atoms with van der Waals surface area (Å²) in [5, 5.41) is 10.9. The van der Waals surface area contributed by atoms with Crippen LogP contribution in [0, 0.1) is 16.0 Å². The molecular formula is C12H16N2O3. The molecule has 1 aliphatic carbocycles. The summed E-state index contributed by atoms with van der Waals surface area (Å²) in [6.45, 7) is 0. The van der Waals surface area contributed by atoms with Crippen LogP contribution in [-0.4, -0.2) is 12.0 Å². The maximum atomic E-state index is 10.9. The highest BCUT2D eigenvalue weighted by molar-refractivity contribution is 5.49. The smallest absolute Gasteiger partial charge is 0.311 e. The molecule has 0 radical (unpaired) electrons. The summed E-state index contributed by atoms with van der Waals surface area (Å²) in [6, 6.07) is 4.86. The normalized spacial score (nSPS) is 17.3. The van der Waals surface area contributed by atoms with Gasteiger partial charge in [0.25, 0.3) is 0 Å². The van der Waals surface area contributed by atoms with Crippen molar-refractivity contribution in [2.75, 3.05) is 7.11 Å². The number of nitro groups is 1. The van der Waals surface area contributed by atoms with Crippen molar-refractivity contribution in [1.82, 2.24) is 0 Å². The molecule has 0 amide bonds. The lowest BCUT2D eigenvalue weighted by atomic mass is 9.77. The van der Waals surface area contributed by atoms with Crippen molar-refractivity contribution in [3.8, 4) is 5.75 Å². The van der Waals surface area contributed by atoms with Crippen molar-refractivity contribution in [3.63, 3.8) is 0 Å². The van der Waals surface area contributed by atoms with Crippen LogP contribution in [0.3, 0.4) is 0 Å². The van der Waals surface area contributed by atoms with Gasteiger partial charge in [-0.15, -0.1) is 0 Å². The van der Waals surface area contributed by atoms with Gasteiger partial charge in [-0.2, -0.15) is 0 Å². The van der Waals surface area contributed by atoms with E-state index in [9.17, 15) is 10.1 Å². The van der Waals surface area contributed by atoms with E-state index < -0.39 is 4.92 Å². The average molecular weight is 236 g/mol. The Balaban J connectivity index is 2.29. The van der Waals surface area contributed by atoms with E-state index in [1.165, 1.54) is 19.6 Å². The van der Waals surface area contributed by atoms with E-state index >= 15 is 0 Å². The van der Waals surface area contributed by atoms with Crippen LogP contribution in [0.2, 0.25) is 0 Å². The van der Waals surface area contributed by atoms with Gasteiger partial charge in [0.15, 0.2) is 5.75 Å². The van der Waals surface area contributed by atoms with Gasteiger partial charge >= 0.3 is 5.69 Å². The highest BCUT2D eigenvalue weighted by Crippen LogP contribution is 2.38. The summed E-state index contributed by atoms with van der Waals surface area (Å²) < 4.78 is 4.96. The van der Waals surface area contributed by atoms with E-state index in [0.717, 1.165) is 18.4 Å². The number of nitrogens with two attached hydrogens (primary N) is 1. The summed E-state index contributed by atoms with van der Waals surface area (Å²) in [5.74, 6) is 0.738. The first-order valence-electron chi connectivity index (χ1n) is 5.71. The average Bonchev–Trinajstić information content (AvgIpc) is 2.25. The molecule has 0 heterocycles. The number of nitro benzene ring substituents is 1. The second kappa shape index (κ2) is 4.71. The van der Waals surface area contributed by atoms with Crippen molar-refractivity contribution in [1.29, 1.82) is 0 Å². The van der Waals surface area contributed by atoms with Crippen LogP contribution in [0.1, 0.15) is 30.9 Å². The summed E-state index contributed by atoms with van der Waals surface area (Å²) in [7, 11) is 1.42. The molecule has 1 aliphatic rings. The first kappa shape index (κ1) is 11.9. The van der Waals surface area contributed by atoms with Gasteiger partial charge in [0, 0.05) is 12.1 Å². The van der Waals surface area contributed by atoms with Crippen LogP contribution in [0.25, 0.3) is 0 Å². The van der Waals surface area contributed by atoms with Crippen LogP contribution in [0.15, 0.2) is 18.2 Å². The summed E-state index contributed by atoms with van der Waals surface area (Å²) in [5.41, 5.74) is 6.90. The number of methoxy groups -OCH3 is 1. The molecule has 0 saturated heterocycles. The van der Waals surface area contributed by atoms with Gasteiger partial charge in [0.2, 0.25) is 0 Å². The minimum atomic E-state index is -0.435. The number of ether oxygens (including phenoxy) is 1. The van der Waals surface area contributed by atoms with E-state index in [2.05, 4.69) is 0 Å². The number of hydrogen-bond acceptors (Lipinski definition) is 4. The Labute approximate surface area is 99.7 Å². The predicted octanol–water partition coefficient (Wildman–Crippen LogP) is 2.40. The molecule has 0 spiro atoms. The van der Waals surface area contributed by atoms with Crippen LogP contribution >= 0.6 is 0 Å². The quantitative estimate of drug-likeness (QED) is 0.643. The molecule has 2 rings (SSSR count). The Hall–Kier alpha value is -1.62. The fourth-order valence-electron chi connectivity index (χ4n) is 2.13. The summed E-state index contributed by atoms with van der Waals surface area (Å²) in [6.07, 6.45) is 3.43. The highest BCUT2D eigenvalue weighted by atomic mass is 16.6. The maximum absolute atomic E-state index is 10.9. The molecule has 5 heteroatoms. The standard InChI is InChI=1S/C12H16N2O3/c1-17-11-6-5-9(7-10(11)14(15)16)12(13)8-3-2-4-8/h5-8,12H,2-4,13H2,1H3/t12-/m0/s1. The topological polar surface area (TPSA) is 78.4 Å². The van der Waals surface area contributed by atoms with Crippen LogP contribution in [0.4, 0.5) is 5.69 Å². The maximum Gasteiger partial charge on any atom is 0.311 e. The second-order valence-corrected chi connectivity index (χ2v) is 4.41. The molecule has 2 N–H and O–H groups in total. The van der Waals surface area contributed by atoms with E-state index in [-0.39, 0.29) is 17.5 Å². The lowest BCUT2D eigenvalue weighted by Gasteiger charge is -2.31. The second-order valence-electron chi connectivity index (χ2n) is 4.41. The lowest BCUT2D eigenvalue weighted by Crippen LogP contribution is -2.26. The molecule has 0 unspecified atom stereocenters. The van der Waals surface area contributed by atoms with E-state index in [1.54, 1.807) is 6.07 Å². The Kier molecular flexibility index (Phi) is 3.28. The van der Waals surface area contributed by atoms with Crippen LogP contribution in [-0.2, 0) is 0 Å². The van der Waals surface area contributed by atoms with E-state index in [0.29, 0.717) is 5.92 Å². The molecule has 5 nitrogen and oxygen atoms in total. The van der Waals surface area contributed by atoms with Gasteiger partial charge in [-0.1, -0.05) is 12.5 Å². The first-order chi connectivity index (χ1) is 8.13. The molecule has 1 saturated carbocycles. The largest absolute Gasteiger partial charge is 0.490 e. The fraction of sp³-hybridized carbons (Fsp3) is 0.500. The van der Waals surface area contributed by atoms with Crippen LogP contribution < -0.4 is 10.5 Å². The zero-order valence-electron chi connectivity index (χ0n) is 9.76. The Morgan fingerprint density at radius 3 is 2.71 bits per heavy atom. The SMILES string of the molecule is COc1ccc([C@@H](N)C2CCC2)cc1[N+](=O)[O-]. The van der Waals surface area contributed by atoms with Gasteiger partial charge in [-0.3, -0.25) is 10.1 Å². The molecule has 1 fully saturated rings. The minimum Gasteiger partial charge on any atom is -0.490 e. The first-order valence-corrected chi connectivity index (χ1v) is 5.71. The Morgan fingerprint density at radius 2 is 2.24 bits per heavy atom. The lowest BCUT2D eigenvalue weighted by molar-refractivity contribution is -0.385. The molecule has 92 valence electrons. The highest BCUT2D eigenvalue weighted by Gasteiger charge is 2.27. The third-order valence-corrected chi connectivity index (χ3v) is 3.44. The zero-order valence-corrected chi connectivity index (χ0v) is 9.76. The number of nitrogens with zero attached hydrogens (tertiary/aromatic N) is 1. The molecule has 0 aromatic heterocycles. The monoisotopic (exact) mass is 236 g/mol. The van der Waals surface area contributed by atoms with Crippen molar-refractivity contribution < 1.29 is 9.66 Å². The minimum absolute atomic E-state index is 0.0141. The summed E-state index contributed by atoms with van der Waals surface area (Å²) >= 11 is 0. The fourth-order valence-corrected chi connectivity index (χ4v) is 2.13. The Morgan fingerprint density at radius 1 is 1.53 bits per heavy atom. The molecule has 17 heavy (non-hydrogen) atoms. The molecule has 1 aromatic carbocycles. The third-order valence-electron chi connectivity index (χ3n) is 3.44. The van der Waals surface area contributed by atoms with Crippen molar-refractivity contribution >= 4 is 5.69 Å². The van der Waals surface area contributed by atoms with Crippen molar-refractivity contribution in [2.24, 2.45) is 11.7 Å². The molecule has 1 atom stereocenters. The van der Waals surface area contributed by atoms with Gasteiger partial charge in [-0.25, -0.2) is 0 Å². The van der Waals surface area contributed by atoms with E-state index in [4.69, 9.17) is 10.5 Å². The Bertz CT molecular complexity index is 430. The van der Waals surface area contributed by atoms with Gasteiger partial charge in [0.05, 0.1) is 12.0 Å².